The van der Waals surface area contributed by atoms with Crippen LogP contribution >= 0.6 is 0 Å². The van der Waals surface area contributed by atoms with E-state index in [9.17, 15) is 0 Å². The van der Waals surface area contributed by atoms with E-state index in [1.54, 1.807) is 0 Å². The number of rotatable bonds is 4. The van der Waals surface area contributed by atoms with Crippen molar-refractivity contribution < 1.29 is 0 Å². The molecule has 106 valence electrons. The maximum Gasteiger partial charge on any atom is 0.224 e. The Morgan fingerprint density at radius 2 is 2.15 bits per heavy atom. The van der Waals surface area contributed by atoms with E-state index in [4.69, 9.17) is 0 Å². The molecule has 2 heterocycles. The summed E-state index contributed by atoms with van der Waals surface area (Å²) in [5.41, 5.74) is 2.73. The summed E-state index contributed by atoms with van der Waals surface area (Å²) in [6.45, 7) is 7.80. The van der Waals surface area contributed by atoms with Crippen molar-refractivity contribution in [3.63, 3.8) is 0 Å². The zero-order chi connectivity index (χ0) is 13.9. The molecule has 2 aromatic rings. The van der Waals surface area contributed by atoms with Gasteiger partial charge in [0, 0.05) is 26.2 Å². The van der Waals surface area contributed by atoms with E-state index in [0.717, 1.165) is 38.0 Å². The van der Waals surface area contributed by atoms with Crippen molar-refractivity contribution in [1.82, 2.24) is 20.1 Å². The molecule has 0 spiro atoms. The molecule has 0 radical (unpaired) electrons. The van der Waals surface area contributed by atoms with Crippen LogP contribution in [0.5, 0.6) is 0 Å². The SMILES string of the molecule is CCNc1nnc(C2CNCc3ccccc32)n1CC. The molecule has 0 aliphatic carbocycles. The van der Waals surface area contributed by atoms with Crippen LogP contribution in [0, 0.1) is 0 Å². The van der Waals surface area contributed by atoms with Crippen LogP contribution in [0.4, 0.5) is 5.95 Å². The van der Waals surface area contributed by atoms with Gasteiger partial charge in [-0.15, -0.1) is 10.2 Å². The highest BCUT2D eigenvalue weighted by molar-refractivity contribution is 5.38. The van der Waals surface area contributed by atoms with Crippen molar-refractivity contribution in [3.05, 3.63) is 41.2 Å². The van der Waals surface area contributed by atoms with Crippen LogP contribution in [-0.4, -0.2) is 27.9 Å². The Bertz CT molecular complexity index is 590. The monoisotopic (exact) mass is 271 g/mol. The summed E-state index contributed by atoms with van der Waals surface area (Å²) in [4.78, 5) is 0. The smallest absolute Gasteiger partial charge is 0.224 e. The molecular formula is C15H21N5. The minimum atomic E-state index is 0.278. The zero-order valence-corrected chi connectivity index (χ0v) is 12.1. The first-order valence-corrected chi connectivity index (χ1v) is 7.30. The first-order valence-electron chi connectivity index (χ1n) is 7.30. The topological polar surface area (TPSA) is 54.8 Å². The molecule has 5 heteroatoms. The van der Waals surface area contributed by atoms with Crippen molar-refractivity contribution in [3.8, 4) is 0 Å². The third-order valence-electron chi connectivity index (χ3n) is 3.84. The molecule has 1 aromatic carbocycles. The lowest BCUT2D eigenvalue weighted by Gasteiger charge is -2.26. The number of aromatic nitrogens is 3. The molecule has 1 atom stereocenters. The van der Waals surface area contributed by atoms with E-state index in [1.807, 2.05) is 0 Å². The van der Waals surface area contributed by atoms with Crippen LogP contribution in [-0.2, 0) is 13.1 Å². The Morgan fingerprint density at radius 1 is 1.30 bits per heavy atom. The second kappa shape index (κ2) is 5.63. The lowest BCUT2D eigenvalue weighted by atomic mass is 9.90. The van der Waals surface area contributed by atoms with Crippen molar-refractivity contribution in [2.24, 2.45) is 0 Å². The first kappa shape index (κ1) is 13.1. The van der Waals surface area contributed by atoms with Gasteiger partial charge in [-0.2, -0.15) is 0 Å². The Kier molecular flexibility index (Phi) is 3.69. The lowest BCUT2D eigenvalue weighted by molar-refractivity contribution is 0.548. The molecular weight excluding hydrogens is 250 g/mol. The average molecular weight is 271 g/mol. The van der Waals surface area contributed by atoms with Gasteiger partial charge in [-0.3, -0.25) is 4.57 Å². The van der Waals surface area contributed by atoms with Gasteiger partial charge in [0.05, 0.1) is 5.92 Å². The van der Waals surface area contributed by atoms with Gasteiger partial charge in [0.15, 0.2) is 0 Å². The van der Waals surface area contributed by atoms with Gasteiger partial charge >= 0.3 is 0 Å². The molecule has 1 aromatic heterocycles. The average Bonchev–Trinajstić information content (AvgIpc) is 2.89. The second-order valence-corrected chi connectivity index (χ2v) is 5.04. The minimum Gasteiger partial charge on any atom is -0.355 e. The maximum atomic E-state index is 4.44. The predicted molar refractivity (Wildman–Crippen MR) is 79.9 cm³/mol. The van der Waals surface area contributed by atoms with Crippen molar-refractivity contribution in [2.45, 2.75) is 32.9 Å². The number of nitrogens with zero attached hydrogens (tertiary/aromatic N) is 3. The van der Waals surface area contributed by atoms with Crippen molar-refractivity contribution >= 4 is 5.95 Å². The Hall–Kier alpha value is -1.88. The van der Waals surface area contributed by atoms with Crippen molar-refractivity contribution in [2.75, 3.05) is 18.4 Å². The molecule has 1 unspecified atom stereocenters. The highest BCUT2D eigenvalue weighted by Gasteiger charge is 2.26. The minimum absolute atomic E-state index is 0.278. The van der Waals surface area contributed by atoms with Crippen LogP contribution < -0.4 is 10.6 Å². The van der Waals surface area contributed by atoms with Gasteiger partial charge in [-0.05, 0) is 25.0 Å². The third kappa shape index (κ3) is 2.18. The highest BCUT2D eigenvalue weighted by Crippen LogP contribution is 2.29. The quantitative estimate of drug-likeness (QED) is 0.892. The number of hydrogen-bond acceptors (Lipinski definition) is 4. The van der Waals surface area contributed by atoms with Crippen LogP contribution in [0.2, 0.25) is 0 Å². The summed E-state index contributed by atoms with van der Waals surface area (Å²) >= 11 is 0. The Morgan fingerprint density at radius 3 is 2.95 bits per heavy atom. The maximum absolute atomic E-state index is 4.44. The van der Waals surface area contributed by atoms with Gasteiger partial charge < -0.3 is 10.6 Å². The van der Waals surface area contributed by atoms with Crippen molar-refractivity contribution in [1.29, 1.82) is 0 Å². The molecule has 20 heavy (non-hydrogen) atoms. The summed E-state index contributed by atoms with van der Waals surface area (Å²) in [5.74, 6) is 2.19. The van der Waals surface area contributed by atoms with E-state index >= 15 is 0 Å². The number of fused-ring (bicyclic) bond motifs is 1. The molecule has 0 bridgehead atoms. The molecule has 1 aliphatic heterocycles. The standard InChI is InChI=1S/C15H21N5/c1-3-17-15-19-18-14(20(15)4-2)13-10-16-9-11-7-5-6-8-12(11)13/h5-8,13,16H,3-4,9-10H2,1-2H3,(H,17,19). The molecule has 1 aliphatic rings. The molecule has 0 amide bonds. The summed E-state index contributed by atoms with van der Waals surface area (Å²) in [6, 6.07) is 8.60. The van der Waals surface area contributed by atoms with Gasteiger partial charge in [-0.1, -0.05) is 24.3 Å². The third-order valence-corrected chi connectivity index (χ3v) is 3.84. The molecule has 0 saturated heterocycles. The van der Waals surface area contributed by atoms with Gasteiger partial charge in [0.1, 0.15) is 5.82 Å². The fourth-order valence-electron chi connectivity index (χ4n) is 2.90. The van der Waals surface area contributed by atoms with Gasteiger partial charge in [0.2, 0.25) is 5.95 Å². The van der Waals surface area contributed by atoms with Gasteiger partial charge in [-0.25, -0.2) is 0 Å². The molecule has 0 fully saturated rings. The summed E-state index contributed by atoms with van der Waals surface area (Å²) in [7, 11) is 0. The molecule has 2 N–H and O–H groups in total. The van der Waals surface area contributed by atoms with E-state index in [2.05, 4.69) is 63.5 Å². The normalized spacial score (nSPS) is 17.8. The predicted octanol–water partition coefficient (Wildman–Crippen LogP) is 1.96. The number of hydrogen-bond donors (Lipinski definition) is 2. The highest BCUT2D eigenvalue weighted by atomic mass is 15.4. The number of nitrogens with one attached hydrogen (secondary N) is 2. The summed E-state index contributed by atoms with van der Waals surface area (Å²) in [6.07, 6.45) is 0. The molecule has 0 saturated carbocycles. The van der Waals surface area contributed by atoms with E-state index in [-0.39, 0.29) is 5.92 Å². The number of anilines is 1. The first-order chi connectivity index (χ1) is 9.85. The van der Waals surface area contributed by atoms with E-state index in [1.165, 1.54) is 11.1 Å². The number of benzene rings is 1. The van der Waals surface area contributed by atoms with E-state index < -0.39 is 0 Å². The van der Waals surface area contributed by atoms with Crippen LogP contribution in [0.1, 0.15) is 36.7 Å². The summed E-state index contributed by atoms with van der Waals surface area (Å²) in [5, 5.41) is 15.5. The van der Waals surface area contributed by atoms with Crippen LogP contribution in [0.3, 0.4) is 0 Å². The fraction of sp³-hybridized carbons (Fsp3) is 0.467. The van der Waals surface area contributed by atoms with Crippen LogP contribution in [0.25, 0.3) is 0 Å². The summed E-state index contributed by atoms with van der Waals surface area (Å²) < 4.78 is 2.18. The van der Waals surface area contributed by atoms with E-state index in [0.29, 0.717) is 0 Å². The fourth-order valence-corrected chi connectivity index (χ4v) is 2.90. The van der Waals surface area contributed by atoms with Gasteiger partial charge in [0.25, 0.3) is 0 Å². The molecule has 3 rings (SSSR count). The zero-order valence-electron chi connectivity index (χ0n) is 12.1. The van der Waals surface area contributed by atoms with Crippen LogP contribution in [0.15, 0.2) is 24.3 Å². The Labute approximate surface area is 119 Å². The second-order valence-electron chi connectivity index (χ2n) is 5.04. The molecule has 5 nitrogen and oxygen atoms in total. The largest absolute Gasteiger partial charge is 0.355 e. The Balaban J connectivity index is 2.02. The lowest BCUT2D eigenvalue weighted by Crippen LogP contribution is -2.30.